The van der Waals surface area contributed by atoms with Crippen LogP contribution in [-0.2, 0) is 27.2 Å². The number of amides is 1. The summed E-state index contributed by atoms with van der Waals surface area (Å²) in [6.07, 6.45) is 1.03. The second-order valence-electron chi connectivity index (χ2n) is 8.19. The second-order valence-corrected chi connectivity index (χ2v) is 8.19. The van der Waals surface area contributed by atoms with Gasteiger partial charge in [-0.15, -0.1) is 0 Å². The van der Waals surface area contributed by atoms with Crippen LogP contribution >= 0.6 is 0 Å². The lowest BCUT2D eigenvalue weighted by molar-refractivity contribution is -0.168. The zero-order valence-corrected chi connectivity index (χ0v) is 16.2. The van der Waals surface area contributed by atoms with Gasteiger partial charge in [-0.2, -0.15) is 0 Å². The Kier molecular flexibility index (Phi) is 4.60. The van der Waals surface area contributed by atoms with Crippen molar-refractivity contribution in [1.82, 2.24) is 4.90 Å². The molecule has 0 radical (unpaired) electrons. The number of nitrogens with zero attached hydrogens (tertiary/aromatic N) is 1. The number of carbonyl (C=O) groups excluding carboxylic acids is 2. The molecule has 28 heavy (non-hydrogen) atoms. The molecule has 1 saturated heterocycles. The Morgan fingerprint density at radius 1 is 1.21 bits per heavy atom. The second kappa shape index (κ2) is 6.83. The van der Waals surface area contributed by atoms with Crippen molar-refractivity contribution in [3.63, 3.8) is 0 Å². The molecule has 1 fully saturated rings. The fourth-order valence-corrected chi connectivity index (χ4v) is 4.61. The van der Waals surface area contributed by atoms with Crippen molar-refractivity contribution in [2.24, 2.45) is 0 Å². The highest BCUT2D eigenvalue weighted by Crippen LogP contribution is 2.49. The summed E-state index contributed by atoms with van der Waals surface area (Å²) in [4.78, 5) is 26.7. The summed E-state index contributed by atoms with van der Waals surface area (Å²) in [7, 11) is 0. The molecule has 5 heteroatoms. The van der Waals surface area contributed by atoms with Crippen LogP contribution in [0.2, 0.25) is 0 Å². The molecule has 1 heterocycles. The number of carbonyl (C=O) groups is 2. The number of aldehydes is 1. The number of aliphatic hydroxyl groups is 1. The van der Waals surface area contributed by atoms with Gasteiger partial charge >= 0.3 is 0 Å². The lowest BCUT2D eigenvalue weighted by Gasteiger charge is -2.39. The molecule has 2 aromatic carbocycles. The van der Waals surface area contributed by atoms with Crippen LogP contribution in [0, 0.1) is 0 Å². The molecule has 146 valence electrons. The van der Waals surface area contributed by atoms with Crippen LogP contribution in [0.15, 0.2) is 54.6 Å². The topological polar surface area (TPSA) is 66.8 Å². The monoisotopic (exact) mass is 379 g/mol. The zero-order valence-electron chi connectivity index (χ0n) is 16.2. The van der Waals surface area contributed by atoms with E-state index in [9.17, 15) is 14.7 Å². The quantitative estimate of drug-likeness (QED) is 0.812. The van der Waals surface area contributed by atoms with Crippen LogP contribution in [0.5, 0.6) is 0 Å². The standard InChI is InChI=1S/C23H25NO4/c1-22(2)24(20-18-11-7-6-10-17(18)14-19(20)28-22)21(26)23(27,12-13-25)15-16-8-4-3-5-9-16/h3-11,13,19-20,27H,12,14-15H2,1-2H3/t19-,20+,23-/m1/s1. The van der Waals surface area contributed by atoms with Crippen molar-refractivity contribution in [2.45, 2.75) is 56.6 Å². The Balaban J connectivity index is 1.72. The normalized spacial score (nSPS) is 24.3. The molecular formula is C23H25NO4. The van der Waals surface area contributed by atoms with Crippen LogP contribution < -0.4 is 0 Å². The average Bonchev–Trinajstić information content (AvgIpc) is 3.12. The number of rotatable bonds is 5. The number of hydrogen-bond acceptors (Lipinski definition) is 4. The minimum absolute atomic E-state index is 0.0804. The van der Waals surface area contributed by atoms with Crippen molar-refractivity contribution >= 4 is 12.2 Å². The van der Waals surface area contributed by atoms with Crippen molar-refractivity contribution in [3.8, 4) is 0 Å². The van der Waals surface area contributed by atoms with E-state index in [0.29, 0.717) is 6.29 Å². The molecule has 0 spiro atoms. The SMILES string of the molecule is CC1(C)O[C@@H]2Cc3ccccc3[C@@H]2N1C(=O)[C@@](O)(CC=O)Cc1ccccc1. The summed E-state index contributed by atoms with van der Waals surface area (Å²) < 4.78 is 6.22. The molecule has 3 atom stereocenters. The molecule has 5 nitrogen and oxygen atoms in total. The van der Waals surface area contributed by atoms with E-state index >= 15 is 0 Å². The van der Waals surface area contributed by atoms with Gasteiger partial charge in [0.25, 0.3) is 5.91 Å². The Morgan fingerprint density at radius 2 is 1.89 bits per heavy atom. The highest BCUT2D eigenvalue weighted by molar-refractivity contribution is 5.89. The summed E-state index contributed by atoms with van der Waals surface area (Å²) in [6.45, 7) is 3.69. The predicted octanol–water partition coefficient (Wildman–Crippen LogP) is 2.81. The molecule has 2 aromatic rings. The van der Waals surface area contributed by atoms with Gasteiger partial charge in [0.05, 0.1) is 12.1 Å². The van der Waals surface area contributed by atoms with Crippen LogP contribution in [-0.4, -0.2) is 39.6 Å². The van der Waals surface area contributed by atoms with Crippen molar-refractivity contribution in [1.29, 1.82) is 0 Å². The molecule has 4 rings (SSSR count). The van der Waals surface area contributed by atoms with Crippen LogP contribution in [0.25, 0.3) is 0 Å². The third-order valence-electron chi connectivity index (χ3n) is 5.82. The van der Waals surface area contributed by atoms with Gasteiger partial charge < -0.3 is 19.5 Å². The van der Waals surface area contributed by atoms with Gasteiger partial charge in [0, 0.05) is 19.3 Å². The molecule has 1 N–H and O–H groups in total. The van der Waals surface area contributed by atoms with E-state index in [-0.39, 0.29) is 25.0 Å². The minimum atomic E-state index is -1.81. The molecule has 0 saturated carbocycles. The fourth-order valence-electron chi connectivity index (χ4n) is 4.61. The molecule has 0 unspecified atom stereocenters. The Labute approximate surface area is 164 Å². The van der Waals surface area contributed by atoms with Crippen molar-refractivity contribution in [2.75, 3.05) is 0 Å². The predicted molar refractivity (Wildman–Crippen MR) is 104 cm³/mol. The smallest absolute Gasteiger partial charge is 0.258 e. The average molecular weight is 379 g/mol. The van der Waals surface area contributed by atoms with Crippen LogP contribution in [0.1, 0.15) is 43.0 Å². The van der Waals surface area contributed by atoms with Gasteiger partial charge in [-0.25, -0.2) is 0 Å². The van der Waals surface area contributed by atoms with E-state index in [0.717, 1.165) is 23.1 Å². The maximum atomic E-state index is 13.7. The Hall–Kier alpha value is -2.50. The van der Waals surface area contributed by atoms with Gasteiger partial charge in [-0.05, 0) is 30.5 Å². The molecule has 1 aliphatic heterocycles. The Bertz CT molecular complexity index is 894. The van der Waals surface area contributed by atoms with E-state index in [1.807, 2.05) is 68.4 Å². The maximum Gasteiger partial charge on any atom is 0.258 e. The van der Waals surface area contributed by atoms with E-state index < -0.39 is 17.2 Å². The van der Waals surface area contributed by atoms with Crippen molar-refractivity contribution in [3.05, 3.63) is 71.3 Å². The first-order valence-corrected chi connectivity index (χ1v) is 9.65. The first-order valence-electron chi connectivity index (χ1n) is 9.65. The lowest BCUT2D eigenvalue weighted by atomic mass is 9.88. The van der Waals surface area contributed by atoms with E-state index in [1.165, 1.54) is 0 Å². The van der Waals surface area contributed by atoms with Gasteiger partial charge in [0.1, 0.15) is 12.0 Å². The number of hydrogen-bond donors (Lipinski definition) is 1. The number of fused-ring (bicyclic) bond motifs is 3. The van der Waals surface area contributed by atoms with Gasteiger partial charge in [-0.1, -0.05) is 54.6 Å². The highest BCUT2D eigenvalue weighted by Gasteiger charge is 2.57. The van der Waals surface area contributed by atoms with E-state index in [4.69, 9.17) is 4.74 Å². The summed E-state index contributed by atoms with van der Waals surface area (Å²) in [5.74, 6) is -0.461. The van der Waals surface area contributed by atoms with Crippen LogP contribution in [0.4, 0.5) is 0 Å². The van der Waals surface area contributed by atoms with Gasteiger partial charge in [0.15, 0.2) is 5.60 Å². The van der Waals surface area contributed by atoms with E-state index in [2.05, 4.69) is 0 Å². The Morgan fingerprint density at radius 3 is 2.61 bits per heavy atom. The van der Waals surface area contributed by atoms with Gasteiger partial charge in [0.2, 0.25) is 0 Å². The van der Waals surface area contributed by atoms with Crippen LogP contribution in [0.3, 0.4) is 0 Å². The molecule has 0 aromatic heterocycles. The summed E-state index contributed by atoms with van der Waals surface area (Å²) in [5.41, 5.74) is 0.345. The lowest BCUT2D eigenvalue weighted by Crippen LogP contribution is -2.56. The minimum Gasteiger partial charge on any atom is -0.379 e. The molecule has 1 amide bonds. The largest absolute Gasteiger partial charge is 0.379 e. The molecular weight excluding hydrogens is 354 g/mol. The molecule has 1 aliphatic carbocycles. The third kappa shape index (κ3) is 3.05. The molecule has 2 aliphatic rings. The maximum absolute atomic E-state index is 13.7. The first kappa shape index (κ1) is 18.8. The zero-order chi connectivity index (χ0) is 19.9. The third-order valence-corrected chi connectivity index (χ3v) is 5.82. The summed E-state index contributed by atoms with van der Waals surface area (Å²) in [5, 5.41) is 11.3. The van der Waals surface area contributed by atoms with Crippen molar-refractivity contribution < 1.29 is 19.4 Å². The highest BCUT2D eigenvalue weighted by atomic mass is 16.5. The first-order chi connectivity index (χ1) is 13.4. The van der Waals surface area contributed by atoms with Gasteiger partial charge in [-0.3, -0.25) is 4.79 Å². The number of benzene rings is 2. The van der Waals surface area contributed by atoms with E-state index in [1.54, 1.807) is 4.90 Å². The summed E-state index contributed by atoms with van der Waals surface area (Å²) >= 11 is 0. The molecule has 0 bridgehead atoms. The number of ether oxygens (including phenoxy) is 1. The fraction of sp³-hybridized carbons (Fsp3) is 0.391. The summed E-state index contributed by atoms with van der Waals surface area (Å²) in [6, 6.07) is 17.0.